The Hall–Kier alpha value is -7.01. The van der Waals surface area contributed by atoms with Crippen molar-refractivity contribution < 1.29 is 24.2 Å². The smallest absolute Gasteiger partial charge is 0.326 e. The second-order valence-corrected chi connectivity index (χ2v) is 23.9. The van der Waals surface area contributed by atoms with Gasteiger partial charge in [0.15, 0.2) is 5.65 Å². The highest BCUT2D eigenvalue weighted by atomic mass is 35.5. The van der Waals surface area contributed by atoms with Crippen molar-refractivity contribution in [3.63, 3.8) is 0 Å². The van der Waals surface area contributed by atoms with Gasteiger partial charge in [0.25, 0.3) is 0 Å². The summed E-state index contributed by atoms with van der Waals surface area (Å²) in [5.41, 5.74) is 9.91. The number of hydrogen-bond donors (Lipinski definition) is 2. The van der Waals surface area contributed by atoms with Crippen LogP contribution in [0, 0.1) is 6.92 Å². The van der Waals surface area contributed by atoms with E-state index < -0.39 is 12.1 Å². The molecule has 17 heteroatoms. The quantitative estimate of drug-likeness (QED) is 0.0531. The van der Waals surface area contributed by atoms with Crippen LogP contribution in [0.15, 0.2) is 132 Å². The topological polar surface area (TPSA) is 144 Å². The molecule has 0 saturated carbocycles. The number of hydrogen-bond acceptors (Lipinski definition) is 11. The van der Waals surface area contributed by atoms with Gasteiger partial charge in [0.1, 0.15) is 29.2 Å². The number of nitrogens with zero attached hydrogens (tertiary/aromatic N) is 9. The summed E-state index contributed by atoms with van der Waals surface area (Å²) < 4.78 is 14.0. The Kier molecular flexibility index (Phi) is 21.1. The zero-order valence-corrected chi connectivity index (χ0v) is 51.3. The van der Waals surface area contributed by atoms with E-state index in [2.05, 4.69) is 81.5 Å². The van der Waals surface area contributed by atoms with Crippen molar-refractivity contribution >= 4 is 52.4 Å². The average Bonchev–Trinajstić information content (AvgIpc) is 1.90. The van der Waals surface area contributed by atoms with E-state index >= 15 is 4.79 Å². The Labute approximate surface area is 511 Å². The molecule has 10 rings (SSSR count). The molecule has 3 aliphatic heterocycles. The second kappa shape index (κ2) is 29.4. The average molecular weight is 1190 g/mol. The number of methoxy groups -OCH3 is 1. The molecule has 2 fully saturated rings. The Bertz CT molecular complexity index is 3360. The molecule has 0 spiro atoms. The third-order valence-electron chi connectivity index (χ3n) is 16.6. The first-order valence-electron chi connectivity index (χ1n) is 30.6. The molecule has 2 N–H and O–H groups in total. The van der Waals surface area contributed by atoms with E-state index in [0.717, 1.165) is 103 Å². The minimum absolute atomic E-state index is 0.0150. The number of fused-ring (bicyclic) bond motifs is 1. The fourth-order valence-corrected chi connectivity index (χ4v) is 12.4. The van der Waals surface area contributed by atoms with Crippen LogP contribution in [-0.2, 0) is 11.2 Å². The van der Waals surface area contributed by atoms with Gasteiger partial charge in [-0.1, -0.05) is 141 Å². The van der Waals surface area contributed by atoms with Crippen LogP contribution in [-0.4, -0.2) is 149 Å². The van der Waals surface area contributed by atoms with Crippen molar-refractivity contribution in [3.8, 4) is 33.9 Å². The van der Waals surface area contributed by atoms with Gasteiger partial charge in [-0.25, -0.2) is 9.78 Å². The van der Waals surface area contributed by atoms with Crippen LogP contribution in [0.4, 0.5) is 10.6 Å². The third-order valence-corrected chi connectivity index (χ3v) is 17.1. The first-order valence-corrected chi connectivity index (χ1v) is 31.3. The predicted molar refractivity (Wildman–Crippen MR) is 342 cm³/mol. The number of aromatic nitrogens is 3. The number of urea groups is 1. The molecule has 85 heavy (non-hydrogen) atoms. The molecule has 448 valence electrons. The lowest BCUT2D eigenvalue weighted by atomic mass is 9.93. The highest BCUT2D eigenvalue weighted by Gasteiger charge is 2.45. The molecule has 5 aromatic carbocycles. The van der Waals surface area contributed by atoms with Crippen LogP contribution in [0.25, 0.3) is 28.0 Å². The lowest BCUT2D eigenvalue weighted by molar-refractivity contribution is -0.122. The number of amidine groups is 1. The molecule has 0 bridgehead atoms. The summed E-state index contributed by atoms with van der Waals surface area (Å²) in [4.78, 5) is 49.6. The first-order chi connectivity index (χ1) is 41.4. The summed E-state index contributed by atoms with van der Waals surface area (Å²) in [5.74, 6) is 2.77. The van der Waals surface area contributed by atoms with Gasteiger partial charge in [-0.2, -0.15) is 9.61 Å². The van der Waals surface area contributed by atoms with Crippen molar-refractivity contribution in [1.82, 2.24) is 39.5 Å². The van der Waals surface area contributed by atoms with Crippen LogP contribution in [0.3, 0.4) is 0 Å². The number of carbonyl (C=O) groups is 2. The number of carbonyl (C=O) groups excluding carboxylic acids is 2. The van der Waals surface area contributed by atoms with Gasteiger partial charge in [-0.3, -0.25) is 24.5 Å². The number of ether oxygens (including phenoxy) is 2. The van der Waals surface area contributed by atoms with Crippen LogP contribution < -0.4 is 19.7 Å². The summed E-state index contributed by atoms with van der Waals surface area (Å²) >= 11 is 12.8. The number of unbranched alkanes of at least 4 members (excludes halogenated alkanes) is 8. The number of β-amino-alcohol motifs (C(OH)–C–C–N with tert-alkyl or cyclic N) is 1. The fourth-order valence-electron chi connectivity index (χ4n) is 12.1. The molecule has 2 saturated heterocycles. The number of anilines is 1. The lowest BCUT2D eigenvalue weighted by Crippen LogP contribution is -2.55. The molecule has 5 heterocycles. The van der Waals surface area contributed by atoms with Crippen molar-refractivity contribution in [3.05, 3.63) is 165 Å². The SMILES string of the molecule is COc1ccc(C2=N[C@@H](c3ccc(Cl)cc3)[C@@H](c3ccc(Cl)cc3)N2C(=O)N2CCN(CC(=O)NCCCCCCCCCCCc3cccc(-c4cc(N5CCN(CCO)CC5)n5nc(C)c(-c6ccccc6)c5n4)c3)CC2)c(OC(C)C)c1. The molecular weight excluding hydrogens is 1110 g/mol. The van der Waals surface area contributed by atoms with Gasteiger partial charge in [0, 0.05) is 98.8 Å². The van der Waals surface area contributed by atoms with Crippen molar-refractivity contribution in [2.75, 3.05) is 90.6 Å². The first kappa shape index (κ1) is 61.1. The lowest BCUT2D eigenvalue weighted by Gasteiger charge is -2.39. The van der Waals surface area contributed by atoms with Gasteiger partial charge in [0.05, 0.1) is 49.4 Å². The van der Waals surface area contributed by atoms with Crippen LogP contribution in [0.2, 0.25) is 10.0 Å². The van der Waals surface area contributed by atoms with Gasteiger partial charge >= 0.3 is 6.03 Å². The van der Waals surface area contributed by atoms with E-state index in [1.165, 1.54) is 44.1 Å². The maximum Gasteiger partial charge on any atom is 0.326 e. The molecule has 0 radical (unpaired) electrons. The number of aliphatic hydroxyl groups is 1. The Balaban J connectivity index is 0.657. The molecular formula is C68H82Cl2N10O5. The summed E-state index contributed by atoms with van der Waals surface area (Å²) in [5, 5.41) is 19.0. The van der Waals surface area contributed by atoms with Crippen molar-refractivity contribution in [1.29, 1.82) is 0 Å². The predicted octanol–water partition coefficient (Wildman–Crippen LogP) is 12.7. The zero-order chi connectivity index (χ0) is 59.2. The standard InChI is InChI=1S/C68H82Cl2N10O5/c1-48(2)85-60-45-57(84-4)31-32-58(60)66-73-64(52-23-27-55(69)28-24-52)65(53-25-29-56(70)30-26-53)79(66)68(83)78-40-36-76(37-41-78)47-61(82)71-33-16-11-9-7-5-6-8-10-13-18-50-19-17-22-54(44-50)59-46-62(77-38-34-75(35-39-77)42-43-81)80-67(72-59)63(49(3)74-80)51-20-14-12-15-21-51/h12,14-15,17,19-32,44-46,48,64-65,81H,5-11,13,16,18,33-43,47H2,1-4H3,(H,71,82)/t64-,65+/m0/s1. The minimum Gasteiger partial charge on any atom is -0.497 e. The number of aliphatic hydroxyl groups excluding tert-OH is 1. The van der Waals surface area contributed by atoms with Crippen LogP contribution >= 0.6 is 23.2 Å². The molecule has 3 aliphatic rings. The number of rotatable bonds is 25. The Morgan fingerprint density at radius 2 is 1.35 bits per heavy atom. The summed E-state index contributed by atoms with van der Waals surface area (Å²) in [7, 11) is 1.62. The minimum atomic E-state index is -0.506. The molecule has 2 aromatic heterocycles. The van der Waals surface area contributed by atoms with Crippen molar-refractivity contribution in [2.24, 2.45) is 4.99 Å². The van der Waals surface area contributed by atoms with Crippen LogP contribution in [0.1, 0.15) is 112 Å². The molecule has 15 nitrogen and oxygen atoms in total. The summed E-state index contributed by atoms with van der Waals surface area (Å²) in [6.07, 6.45) is 11.4. The number of nitrogens with one attached hydrogen (secondary N) is 1. The fraction of sp³-hybridized carbons (Fsp3) is 0.426. The zero-order valence-electron chi connectivity index (χ0n) is 49.8. The summed E-state index contributed by atoms with van der Waals surface area (Å²) in [6.45, 7) is 13.4. The third kappa shape index (κ3) is 15.3. The van der Waals surface area contributed by atoms with Gasteiger partial charge in [-0.05, 0) is 105 Å². The highest BCUT2D eigenvalue weighted by Crippen LogP contribution is 2.46. The number of aryl methyl sites for hydroxylation is 2. The van der Waals surface area contributed by atoms with Gasteiger partial charge < -0.3 is 29.7 Å². The normalized spacial score (nSPS) is 16.8. The van der Waals surface area contributed by atoms with Crippen LogP contribution in [0.5, 0.6) is 11.5 Å². The van der Waals surface area contributed by atoms with Gasteiger partial charge in [0.2, 0.25) is 5.91 Å². The number of aliphatic imine (C=N–C) groups is 1. The highest BCUT2D eigenvalue weighted by molar-refractivity contribution is 6.30. The Morgan fingerprint density at radius 3 is 2.02 bits per heavy atom. The van der Waals surface area contributed by atoms with E-state index in [1.807, 2.05) is 101 Å². The molecule has 7 aromatic rings. The number of piperazine rings is 2. The molecule has 3 amide bonds. The largest absolute Gasteiger partial charge is 0.497 e. The van der Waals surface area contributed by atoms with Crippen molar-refractivity contribution in [2.45, 2.75) is 103 Å². The molecule has 2 atom stereocenters. The van der Waals surface area contributed by atoms with E-state index in [1.54, 1.807) is 7.11 Å². The maximum atomic E-state index is 15.1. The monoisotopic (exact) mass is 1190 g/mol. The van der Waals surface area contributed by atoms with E-state index in [4.69, 9.17) is 47.8 Å². The van der Waals surface area contributed by atoms with Gasteiger partial charge in [-0.15, -0.1) is 0 Å². The second-order valence-electron chi connectivity index (χ2n) is 23.0. The molecule has 0 unspecified atom stereocenters. The number of benzene rings is 5. The molecule has 0 aliphatic carbocycles. The van der Waals surface area contributed by atoms with E-state index in [9.17, 15) is 9.90 Å². The maximum absolute atomic E-state index is 15.1. The number of halogens is 2. The Morgan fingerprint density at radius 1 is 0.706 bits per heavy atom. The number of amides is 3. The van der Waals surface area contributed by atoms with E-state index in [-0.39, 0.29) is 24.6 Å². The summed E-state index contributed by atoms with van der Waals surface area (Å²) in [6, 6.07) is 41.3. The van der Waals surface area contributed by atoms with E-state index in [0.29, 0.717) is 78.8 Å².